The fourth-order valence-corrected chi connectivity index (χ4v) is 4.12. The molecule has 1 aliphatic rings. The van der Waals surface area contributed by atoms with E-state index in [9.17, 15) is 22.8 Å². The summed E-state index contributed by atoms with van der Waals surface area (Å²) in [6, 6.07) is 18.9. The molecule has 0 atom stereocenters. The molecule has 0 unspecified atom stereocenters. The Kier molecular flexibility index (Phi) is 7.47. The van der Waals surface area contributed by atoms with Gasteiger partial charge >= 0.3 is 12.2 Å². The van der Waals surface area contributed by atoms with Crippen molar-refractivity contribution in [3.63, 3.8) is 0 Å². The molecule has 3 aromatic carbocycles. The summed E-state index contributed by atoms with van der Waals surface area (Å²) >= 11 is 0. The summed E-state index contributed by atoms with van der Waals surface area (Å²) in [6.45, 7) is 4.66. The number of rotatable bonds is 5. The van der Waals surface area contributed by atoms with Gasteiger partial charge in [0.05, 0.1) is 12.0 Å². The summed E-state index contributed by atoms with van der Waals surface area (Å²) in [5.74, 6) is 0.121. The Morgan fingerprint density at radius 2 is 1.50 bits per heavy atom. The fourth-order valence-electron chi connectivity index (χ4n) is 4.12. The van der Waals surface area contributed by atoms with Gasteiger partial charge in [-0.15, -0.1) is 0 Å². The molecule has 2 N–H and O–H groups in total. The summed E-state index contributed by atoms with van der Waals surface area (Å²) in [5.41, 5.74) is 2.85. The van der Waals surface area contributed by atoms with Crippen LogP contribution >= 0.6 is 0 Å². The van der Waals surface area contributed by atoms with Crippen LogP contribution in [0.2, 0.25) is 0 Å². The van der Waals surface area contributed by atoms with Crippen LogP contribution in [0, 0.1) is 6.92 Å². The van der Waals surface area contributed by atoms with Crippen LogP contribution < -0.4 is 15.5 Å². The summed E-state index contributed by atoms with van der Waals surface area (Å²) in [5, 5.41) is 5.04. The Balaban J connectivity index is 1.27. The van der Waals surface area contributed by atoms with E-state index in [4.69, 9.17) is 0 Å². The Hall–Kier alpha value is -4.01. The number of amides is 3. The Bertz CT molecular complexity index is 1220. The van der Waals surface area contributed by atoms with Crippen LogP contribution in [0.1, 0.15) is 16.7 Å². The third-order valence-corrected chi connectivity index (χ3v) is 6.17. The molecule has 0 aromatic heterocycles. The zero-order valence-corrected chi connectivity index (χ0v) is 19.8. The van der Waals surface area contributed by atoms with Gasteiger partial charge < -0.3 is 20.4 Å². The number of hydrogen-bond donors (Lipinski definition) is 2. The molecule has 3 amide bonds. The van der Waals surface area contributed by atoms with Crippen molar-refractivity contribution in [3.05, 3.63) is 89.5 Å². The average molecular weight is 497 g/mol. The lowest BCUT2D eigenvalue weighted by molar-refractivity contribution is -0.137. The summed E-state index contributed by atoms with van der Waals surface area (Å²) < 4.78 is 38.6. The van der Waals surface area contributed by atoms with Gasteiger partial charge in [-0.05, 0) is 60.5 Å². The number of urea groups is 1. The summed E-state index contributed by atoms with van der Waals surface area (Å²) in [6.07, 6.45) is -4.08. The highest BCUT2D eigenvalue weighted by Gasteiger charge is 2.30. The molecule has 0 aliphatic carbocycles. The highest BCUT2D eigenvalue weighted by Crippen LogP contribution is 2.30. The predicted molar refractivity (Wildman–Crippen MR) is 134 cm³/mol. The van der Waals surface area contributed by atoms with Crippen LogP contribution in [0.25, 0.3) is 0 Å². The Morgan fingerprint density at radius 1 is 0.833 bits per heavy atom. The van der Waals surface area contributed by atoms with E-state index in [1.807, 2.05) is 48.2 Å². The predicted octanol–water partition coefficient (Wildman–Crippen LogP) is 5.55. The number of anilines is 3. The number of nitrogens with one attached hydrogen (secondary N) is 2. The van der Waals surface area contributed by atoms with Crippen LogP contribution in [0.5, 0.6) is 0 Å². The van der Waals surface area contributed by atoms with Gasteiger partial charge in [0.15, 0.2) is 0 Å². The lowest BCUT2D eigenvalue weighted by Gasteiger charge is -2.36. The quantitative estimate of drug-likeness (QED) is 0.487. The first-order valence-corrected chi connectivity index (χ1v) is 11.6. The molecule has 188 valence electrons. The van der Waals surface area contributed by atoms with Gasteiger partial charge in [0.25, 0.3) is 0 Å². The highest BCUT2D eigenvalue weighted by atomic mass is 19.4. The largest absolute Gasteiger partial charge is 0.416 e. The molecule has 1 heterocycles. The van der Waals surface area contributed by atoms with Gasteiger partial charge in [-0.3, -0.25) is 4.79 Å². The van der Waals surface area contributed by atoms with Crippen LogP contribution in [0.15, 0.2) is 72.8 Å². The van der Waals surface area contributed by atoms with E-state index in [-0.39, 0.29) is 11.6 Å². The monoisotopic (exact) mass is 496 g/mol. The molecule has 36 heavy (non-hydrogen) atoms. The molecule has 1 aliphatic heterocycles. The molecule has 6 nitrogen and oxygen atoms in total. The molecule has 0 bridgehead atoms. The zero-order valence-electron chi connectivity index (χ0n) is 19.8. The van der Waals surface area contributed by atoms with Crippen molar-refractivity contribution in [1.82, 2.24) is 4.90 Å². The average Bonchev–Trinajstić information content (AvgIpc) is 2.85. The number of piperazine rings is 1. The summed E-state index contributed by atoms with van der Waals surface area (Å²) in [4.78, 5) is 29.0. The smallest absolute Gasteiger partial charge is 0.368 e. The lowest BCUT2D eigenvalue weighted by Crippen LogP contribution is -2.49. The molecular weight excluding hydrogens is 469 g/mol. The second-order valence-corrected chi connectivity index (χ2v) is 8.68. The molecule has 0 saturated carbocycles. The molecular formula is C27H27F3N4O2. The van der Waals surface area contributed by atoms with Crippen molar-refractivity contribution in [3.8, 4) is 0 Å². The van der Waals surface area contributed by atoms with Gasteiger partial charge in [-0.25, -0.2) is 4.79 Å². The zero-order chi connectivity index (χ0) is 25.7. The van der Waals surface area contributed by atoms with E-state index in [1.165, 1.54) is 12.1 Å². The van der Waals surface area contributed by atoms with Gasteiger partial charge in [-0.1, -0.05) is 30.3 Å². The number of carbonyl (C=O) groups is 2. The normalized spacial score (nSPS) is 13.9. The minimum atomic E-state index is -4.48. The fraction of sp³-hybridized carbons (Fsp3) is 0.259. The minimum Gasteiger partial charge on any atom is -0.368 e. The number of alkyl halides is 3. The maximum absolute atomic E-state index is 12.9. The first-order chi connectivity index (χ1) is 17.2. The Morgan fingerprint density at radius 3 is 2.17 bits per heavy atom. The van der Waals surface area contributed by atoms with Crippen molar-refractivity contribution in [2.45, 2.75) is 19.5 Å². The maximum Gasteiger partial charge on any atom is 0.416 e. The van der Waals surface area contributed by atoms with E-state index in [1.54, 1.807) is 12.1 Å². The van der Waals surface area contributed by atoms with Crippen LogP contribution in [-0.2, 0) is 17.4 Å². The van der Waals surface area contributed by atoms with E-state index >= 15 is 0 Å². The number of carbonyl (C=O) groups excluding carboxylic acids is 2. The van der Waals surface area contributed by atoms with Crippen molar-refractivity contribution in [1.29, 1.82) is 0 Å². The molecule has 1 fully saturated rings. The Labute approximate surface area is 207 Å². The second kappa shape index (κ2) is 10.7. The number of nitrogens with zero attached hydrogens (tertiary/aromatic N) is 2. The van der Waals surface area contributed by atoms with Gasteiger partial charge in [0.2, 0.25) is 5.91 Å². The highest BCUT2D eigenvalue weighted by molar-refractivity contribution is 5.99. The van der Waals surface area contributed by atoms with Crippen molar-refractivity contribution < 1.29 is 22.8 Å². The third kappa shape index (κ3) is 6.35. The first kappa shape index (κ1) is 25.1. The molecule has 0 spiro atoms. The molecule has 3 aromatic rings. The maximum atomic E-state index is 12.9. The van der Waals surface area contributed by atoms with Crippen LogP contribution in [0.4, 0.5) is 35.0 Å². The van der Waals surface area contributed by atoms with Gasteiger partial charge in [-0.2, -0.15) is 13.2 Å². The van der Waals surface area contributed by atoms with Crippen LogP contribution in [-0.4, -0.2) is 43.0 Å². The number of halogens is 3. The van der Waals surface area contributed by atoms with E-state index in [0.29, 0.717) is 38.3 Å². The molecule has 1 saturated heterocycles. The third-order valence-electron chi connectivity index (χ3n) is 6.17. The number of aryl methyl sites for hydroxylation is 1. The van der Waals surface area contributed by atoms with Crippen molar-refractivity contribution in [2.24, 2.45) is 0 Å². The molecule has 0 radical (unpaired) electrons. The van der Waals surface area contributed by atoms with E-state index < -0.39 is 17.8 Å². The lowest BCUT2D eigenvalue weighted by atomic mass is 10.1. The first-order valence-electron chi connectivity index (χ1n) is 11.6. The van der Waals surface area contributed by atoms with Crippen molar-refractivity contribution >= 4 is 29.0 Å². The topological polar surface area (TPSA) is 64.7 Å². The molecule has 4 rings (SSSR count). The van der Waals surface area contributed by atoms with E-state index in [2.05, 4.69) is 15.5 Å². The SMILES string of the molecule is Cc1ccccc1CC(=O)N1CCN(c2ccc(NC(=O)Nc3cccc(C(F)(F)F)c3)cc2)CC1. The van der Waals surface area contributed by atoms with Crippen LogP contribution in [0.3, 0.4) is 0 Å². The summed E-state index contributed by atoms with van der Waals surface area (Å²) in [7, 11) is 0. The van der Waals surface area contributed by atoms with Crippen molar-refractivity contribution in [2.75, 3.05) is 41.7 Å². The standard InChI is InChI=1S/C27H27F3N4O2/c1-19-5-2-3-6-20(19)17-25(35)34-15-13-33(14-16-34)24-11-9-22(10-12-24)31-26(36)32-23-8-4-7-21(18-23)27(28,29)30/h2-12,18H,13-17H2,1H3,(H2,31,32,36). The second-order valence-electron chi connectivity index (χ2n) is 8.68. The van der Waals surface area contributed by atoms with E-state index in [0.717, 1.165) is 28.9 Å². The van der Waals surface area contributed by atoms with Gasteiger partial charge in [0.1, 0.15) is 0 Å². The van der Waals surface area contributed by atoms with Gasteiger partial charge in [0, 0.05) is 43.2 Å². The number of hydrogen-bond acceptors (Lipinski definition) is 3. The minimum absolute atomic E-state index is 0.0498. The number of benzene rings is 3. The molecule has 9 heteroatoms.